The number of aromatic nitrogens is 1. The van der Waals surface area contributed by atoms with E-state index in [1.165, 1.54) is 4.90 Å². The first-order valence-corrected chi connectivity index (χ1v) is 9.86. The summed E-state index contributed by atoms with van der Waals surface area (Å²) in [6.07, 6.45) is 4.70. The molecule has 152 valence electrons. The van der Waals surface area contributed by atoms with Gasteiger partial charge >= 0.3 is 12.0 Å². The van der Waals surface area contributed by atoms with Crippen molar-refractivity contribution < 1.29 is 19.2 Å². The summed E-state index contributed by atoms with van der Waals surface area (Å²) in [7, 11) is 0. The zero-order valence-corrected chi connectivity index (χ0v) is 16.8. The van der Waals surface area contributed by atoms with Gasteiger partial charge in [0.1, 0.15) is 11.6 Å². The predicted octanol–water partition coefficient (Wildman–Crippen LogP) is 4.07. The number of hydroxylamine groups is 1. The van der Waals surface area contributed by atoms with Gasteiger partial charge in [-0.25, -0.2) is 15.1 Å². The van der Waals surface area contributed by atoms with Crippen molar-refractivity contribution in [3.05, 3.63) is 36.5 Å². The molecule has 2 rings (SSSR count). The van der Waals surface area contributed by atoms with Crippen molar-refractivity contribution in [2.45, 2.75) is 52.5 Å². The zero-order valence-electron chi connectivity index (χ0n) is 16.8. The van der Waals surface area contributed by atoms with Crippen molar-refractivity contribution in [2.75, 3.05) is 13.2 Å². The van der Waals surface area contributed by atoms with E-state index in [9.17, 15) is 9.59 Å². The molecule has 1 aromatic carbocycles. The van der Waals surface area contributed by atoms with E-state index in [2.05, 4.69) is 10.5 Å². The molecule has 0 saturated heterocycles. The molecule has 0 saturated carbocycles. The summed E-state index contributed by atoms with van der Waals surface area (Å²) in [6, 6.07) is 8.02. The number of amides is 2. The van der Waals surface area contributed by atoms with Crippen LogP contribution in [0.25, 0.3) is 10.9 Å². The monoisotopic (exact) mass is 387 g/mol. The van der Waals surface area contributed by atoms with Crippen molar-refractivity contribution in [3.63, 3.8) is 0 Å². The van der Waals surface area contributed by atoms with E-state index in [-0.39, 0.29) is 0 Å². The molecule has 0 bridgehead atoms. The van der Waals surface area contributed by atoms with Crippen molar-refractivity contribution in [1.29, 1.82) is 0 Å². The van der Waals surface area contributed by atoms with E-state index in [0.717, 1.165) is 24.6 Å². The lowest BCUT2D eigenvalue weighted by atomic mass is 10.1. The lowest BCUT2D eigenvalue weighted by molar-refractivity contribution is -0.139. The van der Waals surface area contributed by atoms with Crippen molar-refractivity contribution in [3.8, 4) is 5.75 Å². The van der Waals surface area contributed by atoms with Crippen molar-refractivity contribution >= 4 is 22.9 Å². The molecule has 0 aliphatic heterocycles. The molecule has 7 nitrogen and oxygen atoms in total. The van der Waals surface area contributed by atoms with Gasteiger partial charge in [0.15, 0.2) is 5.75 Å². The van der Waals surface area contributed by atoms with Gasteiger partial charge in [0.25, 0.3) is 0 Å². The third-order valence-electron chi connectivity index (χ3n) is 4.38. The Kier molecular flexibility index (Phi) is 8.68. The van der Waals surface area contributed by atoms with Crippen LogP contribution in [0.1, 0.15) is 46.5 Å². The predicted molar refractivity (Wildman–Crippen MR) is 108 cm³/mol. The lowest BCUT2D eigenvalue weighted by Gasteiger charge is -2.28. The number of hydrogen-bond acceptors (Lipinski definition) is 5. The average molecular weight is 387 g/mol. The number of unbranched alkanes of at least 4 members (excludes halogenated alkanes) is 1. The third-order valence-corrected chi connectivity index (χ3v) is 4.38. The fourth-order valence-corrected chi connectivity index (χ4v) is 2.90. The van der Waals surface area contributed by atoms with Gasteiger partial charge in [-0.05, 0) is 31.9 Å². The molecule has 1 atom stereocenters. The maximum absolute atomic E-state index is 12.9. The number of ether oxygens (including phenoxy) is 1. The lowest BCUT2D eigenvalue weighted by Crippen LogP contribution is -2.50. The van der Waals surface area contributed by atoms with Crippen molar-refractivity contribution in [2.24, 2.45) is 0 Å². The molecule has 0 radical (unpaired) electrons. The number of rotatable bonds is 10. The number of urea groups is 1. The molecule has 28 heavy (non-hydrogen) atoms. The van der Waals surface area contributed by atoms with Crippen LogP contribution in [0.3, 0.4) is 0 Å². The highest BCUT2D eigenvalue weighted by Crippen LogP contribution is 2.24. The number of hydrogen-bond donors (Lipinski definition) is 1. The van der Waals surface area contributed by atoms with Crippen LogP contribution in [0.15, 0.2) is 36.5 Å². The zero-order chi connectivity index (χ0) is 20.4. The smallest absolute Gasteiger partial charge is 0.342 e. The van der Waals surface area contributed by atoms with Crippen molar-refractivity contribution in [1.82, 2.24) is 15.4 Å². The second kappa shape index (κ2) is 11.2. The molecule has 1 aromatic heterocycles. The summed E-state index contributed by atoms with van der Waals surface area (Å²) >= 11 is 0. The summed E-state index contributed by atoms with van der Waals surface area (Å²) in [4.78, 5) is 36.4. The number of carbonyl (C=O) groups excluding carboxylic acids is 2. The maximum Gasteiger partial charge on any atom is 0.342 e. The van der Waals surface area contributed by atoms with E-state index in [0.29, 0.717) is 30.8 Å². The molecule has 1 N–H and O–H groups in total. The topological polar surface area (TPSA) is 80.8 Å². The minimum absolute atomic E-state index is 0.358. The normalized spacial score (nSPS) is 11.8. The van der Waals surface area contributed by atoms with Gasteiger partial charge in [0.2, 0.25) is 0 Å². The molecule has 2 amide bonds. The molecule has 0 aliphatic carbocycles. The number of pyridine rings is 1. The molecule has 1 heterocycles. The third kappa shape index (κ3) is 5.66. The first-order valence-electron chi connectivity index (χ1n) is 9.86. The maximum atomic E-state index is 12.9. The number of nitrogens with zero attached hydrogens (tertiary/aromatic N) is 2. The summed E-state index contributed by atoms with van der Waals surface area (Å²) < 4.78 is 5.65. The highest BCUT2D eigenvalue weighted by atomic mass is 16.7. The fraction of sp³-hybridized carbons (Fsp3) is 0.476. The van der Waals surface area contributed by atoms with E-state index in [4.69, 9.17) is 9.57 Å². The highest BCUT2D eigenvalue weighted by molar-refractivity contribution is 5.89. The average Bonchev–Trinajstić information content (AvgIpc) is 2.71. The Balaban J connectivity index is 2.13. The SMILES string of the molecule is CCCCONC(=O)N(CC)[C@@H](CCC)C(=O)Oc1cccc2cccnc12. The molecule has 7 heteroatoms. The quantitative estimate of drug-likeness (QED) is 0.288. The van der Waals surface area contributed by atoms with Crippen LogP contribution in [0.2, 0.25) is 0 Å². The van der Waals surface area contributed by atoms with E-state index in [1.807, 2.05) is 45.0 Å². The number of nitrogens with one attached hydrogen (secondary N) is 1. The molecule has 0 fully saturated rings. The molecule has 0 unspecified atom stereocenters. The Morgan fingerprint density at radius 3 is 2.64 bits per heavy atom. The van der Waals surface area contributed by atoms with Crippen LogP contribution in [0, 0.1) is 0 Å². The Morgan fingerprint density at radius 1 is 1.14 bits per heavy atom. The summed E-state index contributed by atoms with van der Waals surface area (Å²) in [5.41, 5.74) is 3.04. The molecule has 0 spiro atoms. The summed E-state index contributed by atoms with van der Waals surface area (Å²) in [5.74, 6) is -0.0922. The number of benzene rings is 1. The number of likely N-dealkylation sites (N-methyl/N-ethyl adjacent to an activating group) is 1. The van der Waals surface area contributed by atoms with Gasteiger partial charge in [-0.15, -0.1) is 0 Å². The molecular weight excluding hydrogens is 358 g/mol. The van der Waals surface area contributed by atoms with Crippen LogP contribution < -0.4 is 10.2 Å². The number of carbonyl (C=O) groups is 2. The van der Waals surface area contributed by atoms with E-state index < -0.39 is 18.0 Å². The Labute approximate surface area is 166 Å². The van der Waals surface area contributed by atoms with Gasteiger partial charge < -0.3 is 9.64 Å². The van der Waals surface area contributed by atoms with Gasteiger partial charge in [-0.2, -0.15) is 0 Å². The Hall–Kier alpha value is -2.67. The van der Waals surface area contributed by atoms with Crippen LogP contribution in [-0.4, -0.2) is 41.1 Å². The minimum atomic E-state index is -0.705. The van der Waals surface area contributed by atoms with Crippen LogP contribution in [-0.2, 0) is 9.63 Å². The Morgan fingerprint density at radius 2 is 1.93 bits per heavy atom. The second-order valence-corrected chi connectivity index (χ2v) is 6.45. The number of para-hydroxylation sites is 1. The first kappa shape index (κ1) is 21.6. The van der Waals surface area contributed by atoms with Crippen LogP contribution in [0.5, 0.6) is 5.75 Å². The first-order chi connectivity index (χ1) is 13.6. The number of esters is 1. The van der Waals surface area contributed by atoms with Crippen LogP contribution in [0.4, 0.5) is 4.79 Å². The summed E-state index contributed by atoms with van der Waals surface area (Å²) in [5, 5.41) is 0.884. The van der Waals surface area contributed by atoms with Gasteiger partial charge in [-0.1, -0.05) is 44.9 Å². The van der Waals surface area contributed by atoms with E-state index >= 15 is 0 Å². The van der Waals surface area contributed by atoms with Gasteiger partial charge in [0, 0.05) is 18.1 Å². The molecular formula is C21H29N3O4. The second-order valence-electron chi connectivity index (χ2n) is 6.45. The number of fused-ring (bicyclic) bond motifs is 1. The standard InChI is InChI=1S/C21H29N3O4/c1-4-7-15-27-23-21(26)24(6-3)17(10-5-2)20(25)28-18-13-8-11-16-12-9-14-22-19(16)18/h8-9,11-14,17H,4-7,10,15H2,1-3H3,(H,23,26)/t17-/m0/s1. The highest BCUT2D eigenvalue weighted by Gasteiger charge is 2.30. The minimum Gasteiger partial charge on any atom is -0.423 e. The molecule has 0 aliphatic rings. The fourth-order valence-electron chi connectivity index (χ4n) is 2.90. The largest absolute Gasteiger partial charge is 0.423 e. The van der Waals surface area contributed by atoms with E-state index in [1.54, 1.807) is 12.3 Å². The summed E-state index contributed by atoms with van der Waals surface area (Å²) in [6.45, 7) is 6.62. The van der Waals surface area contributed by atoms with Gasteiger partial charge in [0.05, 0.1) is 6.61 Å². The Bertz CT molecular complexity index is 776. The molecule has 2 aromatic rings. The van der Waals surface area contributed by atoms with Gasteiger partial charge in [-0.3, -0.25) is 9.82 Å². The van der Waals surface area contributed by atoms with Crippen LogP contribution >= 0.6 is 0 Å².